The minimum Gasteiger partial charge on any atom is -0.480 e. The Balaban J connectivity index is 0.000000292. The number of carboxylic acids is 1. The molecule has 1 heterocycles. The first-order valence-electron chi connectivity index (χ1n) is 3.30. The van der Waals surface area contributed by atoms with Crippen molar-refractivity contribution in [2.24, 2.45) is 0 Å². The zero-order chi connectivity index (χ0) is 8.69. The lowest BCUT2D eigenvalue weighted by Gasteiger charge is -1.99. The molecular formula is C6H11Cl2NO2. The van der Waals surface area contributed by atoms with Crippen LogP contribution in [0, 0.1) is 0 Å². The lowest BCUT2D eigenvalue weighted by molar-refractivity contribution is -0.139. The van der Waals surface area contributed by atoms with E-state index in [2.05, 4.69) is 5.32 Å². The van der Waals surface area contributed by atoms with Crippen molar-refractivity contribution < 1.29 is 9.90 Å². The largest absolute Gasteiger partial charge is 0.480 e. The van der Waals surface area contributed by atoms with Gasteiger partial charge < -0.3 is 10.4 Å². The molecule has 3 nitrogen and oxygen atoms in total. The molecular weight excluding hydrogens is 189 g/mol. The summed E-state index contributed by atoms with van der Waals surface area (Å²) in [6, 6.07) is -0.269. The second kappa shape index (κ2) is 6.70. The highest BCUT2D eigenvalue weighted by Crippen LogP contribution is 2.03. The molecule has 0 aromatic rings. The Morgan fingerprint density at radius 2 is 2.18 bits per heavy atom. The summed E-state index contributed by atoms with van der Waals surface area (Å²) < 4.78 is 0. The lowest BCUT2D eigenvalue weighted by Crippen LogP contribution is -2.29. The summed E-state index contributed by atoms with van der Waals surface area (Å²) in [4.78, 5) is 10.1. The minimum atomic E-state index is -0.720. The van der Waals surface area contributed by atoms with Crippen molar-refractivity contribution >= 4 is 29.2 Å². The van der Waals surface area contributed by atoms with Gasteiger partial charge in [0.25, 0.3) is 0 Å². The normalized spacial score (nSPS) is 22.2. The van der Waals surface area contributed by atoms with Gasteiger partial charge in [-0.25, -0.2) is 0 Å². The van der Waals surface area contributed by atoms with Gasteiger partial charge in [0.2, 0.25) is 0 Å². The second-order valence-electron chi connectivity index (χ2n) is 2.09. The van der Waals surface area contributed by atoms with Crippen molar-refractivity contribution in [3.63, 3.8) is 0 Å². The fourth-order valence-electron chi connectivity index (χ4n) is 0.895. The van der Waals surface area contributed by atoms with E-state index in [1.165, 1.54) is 0 Å². The average Bonchev–Trinajstić information content (AvgIpc) is 2.38. The van der Waals surface area contributed by atoms with Gasteiger partial charge >= 0.3 is 5.97 Å². The molecule has 5 heteroatoms. The minimum absolute atomic E-state index is 0.194. The molecule has 1 aliphatic heterocycles. The molecule has 1 rings (SSSR count). The van der Waals surface area contributed by atoms with E-state index in [1.54, 1.807) is 0 Å². The van der Waals surface area contributed by atoms with E-state index >= 15 is 0 Å². The number of aliphatic carboxylic acids is 1. The Hall–Kier alpha value is 0.01000. The summed E-state index contributed by atoms with van der Waals surface area (Å²) in [5.74, 6) is -0.720. The molecule has 0 aromatic carbocycles. The van der Waals surface area contributed by atoms with Crippen LogP contribution in [0.1, 0.15) is 12.8 Å². The molecule has 0 radical (unpaired) electrons. The second-order valence-corrected chi connectivity index (χ2v) is 2.90. The summed E-state index contributed by atoms with van der Waals surface area (Å²) in [6.07, 6.45) is 1.78. The number of hydrogen-bond acceptors (Lipinski definition) is 2. The highest BCUT2D eigenvalue weighted by Gasteiger charge is 2.20. The Kier molecular flexibility index (Phi) is 6.71. The monoisotopic (exact) mass is 199 g/mol. The number of nitrogens with one attached hydrogen (secondary N) is 1. The van der Waals surface area contributed by atoms with Gasteiger partial charge in [0.05, 0.1) is 5.34 Å². The van der Waals surface area contributed by atoms with Gasteiger partial charge in [-0.3, -0.25) is 4.79 Å². The third-order valence-electron chi connectivity index (χ3n) is 1.36. The van der Waals surface area contributed by atoms with E-state index in [-0.39, 0.29) is 11.4 Å². The molecule has 1 fully saturated rings. The number of carbonyl (C=O) groups is 1. The first-order chi connectivity index (χ1) is 5.22. The maximum Gasteiger partial charge on any atom is 0.320 e. The molecule has 0 bridgehead atoms. The van der Waals surface area contributed by atoms with Gasteiger partial charge in [-0.05, 0) is 19.4 Å². The molecule has 0 aromatic heterocycles. The average molecular weight is 200 g/mol. The molecule has 0 amide bonds. The Morgan fingerprint density at radius 1 is 1.64 bits per heavy atom. The van der Waals surface area contributed by atoms with E-state index in [9.17, 15) is 4.79 Å². The molecule has 11 heavy (non-hydrogen) atoms. The van der Waals surface area contributed by atoms with Crippen LogP contribution in [0.15, 0.2) is 0 Å². The quantitative estimate of drug-likeness (QED) is 0.626. The molecule has 2 N–H and O–H groups in total. The number of alkyl halides is 2. The standard InChI is InChI=1S/C5H9NO2.CH2Cl2/c7-5(8)4-2-1-3-6-4;2-1-3/h4,6H,1-3H2,(H,7,8);1H2/t4-;/m0./s1. The fraction of sp³-hybridized carbons (Fsp3) is 0.833. The summed E-state index contributed by atoms with van der Waals surface area (Å²) in [7, 11) is 0. The molecule has 66 valence electrons. The van der Waals surface area contributed by atoms with Crippen molar-refractivity contribution in [3.05, 3.63) is 0 Å². The molecule has 0 unspecified atom stereocenters. The number of halogens is 2. The molecule has 0 saturated carbocycles. The van der Waals surface area contributed by atoms with Crippen molar-refractivity contribution in [1.82, 2.24) is 5.32 Å². The highest BCUT2D eigenvalue weighted by molar-refractivity contribution is 6.40. The van der Waals surface area contributed by atoms with E-state index in [4.69, 9.17) is 28.3 Å². The van der Waals surface area contributed by atoms with Gasteiger partial charge in [-0.1, -0.05) is 0 Å². The third-order valence-corrected chi connectivity index (χ3v) is 1.36. The first kappa shape index (κ1) is 11.0. The zero-order valence-corrected chi connectivity index (χ0v) is 7.53. The molecule has 1 atom stereocenters. The third kappa shape index (κ3) is 5.30. The molecule has 1 saturated heterocycles. The molecule has 0 spiro atoms. The van der Waals surface area contributed by atoms with Crippen LogP contribution in [0.4, 0.5) is 0 Å². The van der Waals surface area contributed by atoms with Crippen LogP contribution in [0.3, 0.4) is 0 Å². The van der Waals surface area contributed by atoms with Gasteiger partial charge in [0.15, 0.2) is 0 Å². The van der Waals surface area contributed by atoms with E-state index in [0.717, 1.165) is 19.4 Å². The van der Waals surface area contributed by atoms with Gasteiger partial charge in [0, 0.05) is 0 Å². The van der Waals surface area contributed by atoms with Gasteiger partial charge in [-0.15, -0.1) is 23.2 Å². The summed E-state index contributed by atoms with van der Waals surface area (Å²) >= 11 is 9.53. The van der Waals surface area contributed by atoms with Crippen LogP contribution in [-0.4, -0.2) is 29.0 Å². The van der Waals surface area contributed by atoms with Crippen LogP contribution >= 0.6 is 23.2 Å². The summed E-state index contributed by atoms with van der Waals surface area (Å²) in [5, 5.41) is 11.4. The van der Waals surface area contributed by atoms with Crippen molar-refractivity contribution in [2.75, 3.05) is 11.9 Å². The van der Waals surface area contributed by atoms with Gasteiger partial charge in [0.1, 0.15) is 6.04 Å². The number of rotatable bonds is 1. The Bertz CT molecular complexity index is 115. The van der Waals surface area contributed by atoms with Gasteiger partial charge in [-0.2, -0.15) is 0 Å². The number of carboxylic acid groups (broad SMARTS) is 1. The van der Waals surface area contributed by atoms with Crippen molar-refractivity contribution in [2.45, 2.75) is 18.9 Å². The van der Waals surface area contributed by atoms with Crippen LogP contribution in [0.25, 0.3) is 0 Å². The van der Waals surface area contributed by atoms with Crippen LogP contribution in [-0.2, 0) is 4.79 Å². The van der Waals surface area contributed by atoms with E-state index in [1.807, 2.05) is 0 Å². The maximum atomic E-state index is 10.1. The highest BCUT2D eigenvalue weighted by atomic mass is 35.5. The van der Waals surface area contributed by atoms with Crippen molar-refractivity contribution in [1.29, 1.82) is 0 Å². The smallest absolute Gasteiger partial charge is 0.320 e. The Labute approximate surface area is 75.7 Å². The van der Waals surface area contributed by atoms with Crippen LogP contribution < -0.4 is 5.32 Å². The fourth-order valence-corrected chi connectivity index (χ4v) is 0.895. The predicted molar refractivity (Wildman–Crippen MR) is 45.2 cm³/mol. The zero-order valence-electron chi connectivity index (χ0n) is 6.02. The van der Waals surface area contributed by atoms with E-state index in [0.29, 0.717) is 0 Å². The van der Waals surface area contributed by atoms with Crippen LogP contribution in [0.2, 0.25) is 0 Å². The number of hydrogen-bond donors (Lipinski definition) is 2. The first-order valence-corrected chi connectivity index (χ1v) is 4.37. The predicted octanol–water partition coefficient (Wildman–Crippen LogP) is 1.24. The lowest BCUT2D eigenvalue weighted by atomic mass is 10.2. The Morgan fingerprint density at radius 3 is 2.36 bits per heavy atom. The maximum absolute atomic E-state index is 10.1. The van der Waals surface area contributed by atoms with Crippen molar-refractivity contribution in [3.8, 4) is 0 Å². The SMILES string of the molecule is ClCCl.O=C(O)[C@@H]1CCCN1. The molecule has 0 aliphatic carbocycles. The van der Waals surface area contributed by atoms with Crippen LogP contribution in [0.5, 0.6) is 0 Å². The summed E-state index contributed by atoms with van der Waals surface area (Å²) in [5.41, 5.74) is 0. The van der Waals surface area contributed by atoms with E-state index < -0.39 is 5.97 Å². The molecule has 1 aliphatic rings. The topological polar surface area (TPSA) is 49.3 Å². The summed E-state index contributed by atoms with van der Waals surface area (Å²) in [6.45, 7) is 0.858.